The van der Waals surface area contributed by atoms with Crippen molar-refractivity contribution in [2.45, 2.75) is 33.1 Å². The predicted octanol–water partition coefficient (Wildman–Crippen LogP) is 4.36. The second-order valence-electron chi connectivity index (χ2n) is 7.56. The Bertz CT molecular complexity index is 1170. The van der Waals surface area contributed by atoms with Crippen molar-refractivity contribution < 1.29 is 32.0 Å². The van der Waals surface area contributed by atoms with E-state index in [4.69, 9.17) is 9.26 Å². The molecule has 0 unspecified atom stereocenters. The molecule has 8 nitrogen and oxygen atoms in total. The lowest BCUT2D eigenvalue weighted by Crippen LogP contribution is -2.38. The molecule has 0 saturated carbocycles. The van der Waals surface area contributed by atoms with Crippen LogP contribution in [0.1, 0.15) is 32.6 Å². The molecule has 0 bridgehead atoms. The van der Waals surface area contributed by atoms with Gasteiger partial charge in [0.05, 0.1) is 18.8 Å². The molecule has 3 rings (SSSR count). The molecule has 186 valence electrons. The van der Waals surface area contributed by atoms with E-state index in [1.807, 2.05) is 13.8 Å². The van der Waals surface area contributed by atoms with Gasteiger partial charge in [-0.25, -0.2) is 13.2 Å². The third kappa shape index (κ3) is 6.81. The summed E-state index contributed by atoms with van der Waals surface area (Å²) in [6.45, 7) is 4.16. The first-order valence-corrected chi connectivity index (χ1v) is 11.1. The van der Waals surface area contributed by atoms with Crippen LogP contribution in [0.2, 0.25) is 0 Å². The molecular weight excluding hydrogens is 465 g/mol. The minimum atomic E-state index is -1.69. The summed E-state index contributed by atoms with van der Waals surface area (Å²) in [5, 5.41) is 6.09. The Morgan fingerprint density at radius 1 is 1.06 bits per heavy atom. The van der Waals surface area contributed by atoms with E-state index in [9.17, 15) is 22.8 Å². The molecule has 1 heterocycles. The number of hydrogen-bond donors (Lipinski definition) is 1. The Labute approximate surface area is 200 Å². The number of carbonyl (C=O) groups is 2. The molecule has 0 spiro atoms. The molecule has 0 aliphatic rings. The van der Waals surface area contributed by atoms with Crippen LogP contribution in [0, 0.1) is 17.5 Å². The highest BCUT2D eigenvalue weighted by atomic mass is 19.2. The van der Waals surface area contributed by atoms with Crippen molar-refractivity contribution in [3.63, 3.8) is 0 Å². The fourth-order valence-corrected chi connectivity index (χ4v) is 3.26. The maximum absolute atomic E-state index is 13.8. The highest BCUT2D eigenvalue weighted by Crippen LogP contribution is 2.21. The van der Waals surface area contributed by atoms with Crippen LogP contribution in [-0.4, -0.2) is 46.6 Å². The van der Waals surface area contributed by atoms with Gasteiger partial charge in [0, 0.05) is 24.9 Å². The lowest BCUT2D eigenvalue weighted by molar-refractivity contribution is -0.134. The van der Waals surface area contributed by atoms with Gasteiger partial charge >= 0.3 is 0 Å². The molecule has 1 aromatic heterocycles. The number of amides is 2. The smallest absolute Gasteiger partial charge is 0.244 e. The summed E-state index contributed by atoms with van der Waals surface area (Å²) in [5.41, 5.74) is 0.217. The quantitative estimate of drug-likeness (QED) is 0.401. The Morgan fingerprint density at radius 2 is 1.80 bits per heavy atom. The summed E-state index contributed by atoms with van der Waals surface area (Å²) in [6.07, 6.45) is 0.723. The highest BCUT2D eigenvalue weighted by Gasteiger charge is 2.20. The van der Waals surface area contributed by atoms with Crippen LogP contribution < -0.4 is 10.1 Å². The van der Waals surface area contributed by atoms with Crippen molar-refractivity contribution in [3.8, 4) is 17.1 Å². The fourth-order valence-electron chi connectivity index (χ4n) is 3.26. The molecule has 2 aromatic carbocycles. The molecule has 35 heavy (non-hydrogen) atoms. The molecular formula is C24H25F3N4O4. The monoisotopic (exact) mass is 490 g/mol. The van der Waals surface area contributed by atoms with E-state index in [0.29, 0.717) is 24.9 Å². The largest absolute Gasteiger partial charge is 0.494 e. The number of rotatable bonds is 11. The SMILES string of the molecule is CCCN(CC(=O)Nc1ccc(F)c(F)c1F)C(=O)CCc1nc(-c2ccc(OCC)cc2)no1. The zero-order valence-corrected chi connectivity index (χ0v) is 19.3. The second-order valence-corrected chi connectivity index (χ2v) is 7.56. The third-order valence-corrected chi connectivity index (χ3v) is 4.93. The first-order valence-electron chi connectivity index (χ1n) is 11.1. The van der Waals surface area contributed by atoms with Crippen molar-refractivity contribution in [1.29, 1.82) is 0 Å². The van der Waals surface area contributed by atoms with Crippen LogP contribution in [0.15, 0.2) is 40.9 Å². The summed E-state index contributed by atoms with van der Waals surface area (Å²) in [6, 6.07) is 8.78. The first-order chi connectivity index (χ1) is 16.8. The van der Waals surface area contributed by atoms with Gasteiger partial charge in [-0.3, -0.25) is 9.59 Å². The number of benzene rings is 2. The van der Waals surface area contributed by atoms with Crippen molar-refractivity contribution in [2.24, 2.45) is 0 Å². The summed E-state index contributed by atoms with van der Waals surface area (Å²) in [7, 11) is 0. The van der Waals surface area contributed by atoms with Gasteiger partial charge in [-0.05, 0) is 49.7 Å². The van der Waals surface area contributed by atoms with E-state index in [1.54, 1.807) is 24.3 Å². The summed E-state index contributed by atoms with van der Waals surface area (Å²) in [5.74, 6) is -4.31. The van der Waals surface area contributed by atoms with Crippen LogP contribution in [0.25, 0.3) is 11.4 Å². The molecule has 11 heteroatoms. The summed E-state index contributed by atoms with van der Waals surface area (Å²) in [4.78, 5) is 30.6. The summed E-state index contributed by atoms with van der Waals surface area (Å²) < 4.78 is 50.9. The van der Waals surface area contributed by atoms with Gasteiger partial charge in [-0.1, -0.05) is 12.1 Å². The average molecular weight is 490 g/mol. The second kappa shape index (κ2) is 12.0. The van der Waals surface area contributed by atoms with Gasteiger partial charge in [-0.15, -0.1) is 0 Å². The van der Waals surface area contributed by atoms with Gasteiger partial charge in [0.2, 0.25) is 23.5 Å². The van der Waals surface area contributed by atoms with E-state index in [0.717, 1.165) is 17.4 Å². The van der Waals surface area contributed by atoms with Crippen molar-refractivity contribution in [2.75, 3.05) is 25.0 Å². The number of aromatic nitrogens is 2. The topological polar surface area (TPSA) is 97.6 Å². The highest BCUT2D eigenvalue weighted by molar-refractivity contribution is 5.94. The van der Waals surface area contributed by atoms with Crippen LogP contribution in [0.5, 0.6) is 5.75 Å². The molecule has 1 N–H and O–H groups in total. The number of anilines is 1. The Balaban J connectivity index is 1.57. The first kappa shape index (κ1) is 25.7. The molecule has 0 atom stereocenters. The number of carbonyl (C=O) groups excluding carboxylic acids is 2. The maximum Gasteiger partial charge on any atom is 0.244 e. The van der Waals surface area contributed by atoms with Crippen LogP contribution in [0.4, 0.5) is 18.9 Å². The molecule has 0 saturated heterocycles. The van der Waals surface area contributed by atoms with Gasteiger partial charge in [0.15, 0.2) is 17.5 Å². The van der Waals surface area contributed by atoms with Gasteiger partial charge < -0.3 is 19.5 Å². The normalized spacial score (nSPS) is 10.8. The fraction of sp³-hybridized carbons (Fsp3) is 0.333. The Hall–Kier alpha value is -3.89. The minimum absolute atomic E-state index is 0.00225. The van der Waals surface area contributed by atoms with E-state index < -0.39 is 29.0 Å². The summed E-state index contributed by atoms with van der Waals surface area (Å²) >= 11 is 0. The van der Waals surface area contributed by atoms with Crippen molar-refractivity contribution in [3.05, 3.63) is 59.7 Å². The van der Waals surface area contributed by atoms with Crippen LogP contribution >= 0.6 is 0 Å². The number of nitrogens with one attached hydrogen (secondary N) is 1. The Kier molecular flexibility index (Phi) is 8.82. The standard InChI is InChI=1S/C24H25F3N4O4/c1-3-13-31(14-19(32)28-18-10-9-17(25)22(26)23(18)27)21(33)12-11-20-29-24(30-35-20)15-5-7-16(8-6-15)34-4-2/h5-10H,3-4,11-14H2,1-2H3,(H,28,32). The molecule has 0 radical (unpaired) electrons. The van der Waals surface area contributed by atoms with Crippen LogP contribution in [0.3, 0.4) is 0 Å². The van der Waals surface area contributed by atoms with E-state index in [-0.39, 0.29) is 37.7 Å². The molecule has 2 amide bonds. The number of hydrogen-bond acceptors (Lipinski definition) is 6. The number of nitrogens with zero attached hydrogens (tertiary/aromatic N) is 3. The molecule has 0 aliphatic carbocycles. The van der Waals surface area contributed by atoms with Crippen LogP contribution in [-0.2, 0) is 16.0 Å². The lowest BCUT2D eigenvalue weighted by atomic mass is 10.2. The molecule has 3 aromatic rings. The minimum Gasteiger partial charge on any atom is -0.494 e. The van der Waals surface area contributed by atoms with E-state index in [1.165, 1.54) is 4.90 Å². The average Bonchev–Trinajstić information content (AvgIpc) is 3.32. The van der Waals surface area contributed by atoms with Crippen molar-refractivity contribution in [1.82, 2.24) is 15.0 Å². The third-order valence-electron chi connectivity index (χ3n) is 4.93. The van der Waals surface area contributed by atoms with E-state index >= 15 is 0 Å². The molecule has 0 fully saturated rings. The Morgan fingerprint density at radius 3 is 2.49 bits per heavy atom. The molecule has 0 aliphatic heterocycles. The zero-order chi connectivity index (χ0) is 25.4. The van der Waals surface area contributed by atoms with Gasteiger partial charge in [-0.2, -0.15) is 4.98 Å². The lowest BCUT2D eigenvalue weighted by Gasteiger charge is -2.21. The van der Waals surface area contributed by atoms with Gasteiger partial charge in [0.25, 0.3) is 0 Å². The predicted molar refractivity (Wildman–Crippen MR) is 121 cm³/mol. The zero-order valence-electron chi connectivity index (χ0n) is 19.3. The maximum atomic E-state index is 13.8. The van der Waals surface area contributed by atoms with Crippen molar-refractivity contribution >= 4 is 17.5 Å². The van der Waals surface area contributed by atoms with Gasteiger partial charge in [0.1, 0.15) is 5.75 Å². The van der Waals surface area contributed by atoms with E-state index in [2.05, 4.69) is 15.5 Å². The number of ether oxygens (including phenoxy) is 1. The number of aryl methyl sites for hydroxylation is 1. The number of halogens is 3.